The number of thiophene rings is 1. The number of fused-ring (bicyclic) bond motifs is 3. The summed E-state index contributed by atoms with van der Waals surface area (Å²) in [6.07, 6.45) is 6.17. The molecule has 5 heteroatoms. The molecule has 0 atom stereocenters. The van der Waals surface area contributed by atoms with E-state index in [9.17, 15) is 4.79 Å². The number of nitrogens with one attached hydrogen (secondary N) is 1. The molecule has 0 spiro atoms. The van der Waals surface area contributed by atoms with Gasteiger partial charge in [-0.25, -0.2) is 4.98 Å². The molecule has 0 aliphatic heterocycles. The van der Waals surface area contributed by atoms with Crippen molar-refractivity contribution in [3.8, 4) is 0 Å². The molecule has 2 aromatic heterocycles. The van der Waals surface area contributed by atoms with Crippen LogP contribution in [0, 0.1) is 13.8 Å². The fourth-order valence-electron chi connectivity index (χ4n) is 3.81. The zero-order valence-corrected chi connectivity index (χ0v) is 16.1. The van der Waals surface area contributed by atoms with Crippen molar-refractivity contribution in [3.05, 3.63) is 62.8 Å². The maximum Gasteiger partial charge on any atom is 0.264 e. The van der Waals surface area contributed by atoms with Crippen molar-refractivity contribution in [1.29, 1.82) is 0 Å². The second-order valence-electron chi connectivity index (χ2n) is 7.03. The molecule has 0 amide bonds. The van der Waals surface area contributed by atoms with Gasteiger partial charge in [-0.05, 0) is 68.4 Å². The standard InChI is InChI=1S/C21H23N3OS/c1-4-9-24-20(25)18-16-7-5-6-8-17(16)26-19(18)23-21(24)22-15-11-13(2)10-14(3)12-15/h4,10-12H,1,5-9H2,2-3H3,(H,22,23). The lowest BCUT2D eigenvalue weighted by molar-refractivity contribution is 0.698. The molecule has 1 aliphatic carbocycles. The molecule has 4 rings (SSSR count). The van der Waals surface area contributed by atoms with Crippen molar-refractivity contribution in [3.63, 3.8) is 0 Å². The third-order valence-corrected chi connectivity index (χ3v) is 6.05. The van der Waals surface area contributed by atoms with Crippen molar-refractivity contribution < 1.29 is 0 Å². The van der Waals surface area contributed by atoms with Gasteiger partial charge >= 0.3 is 0 Å². The van der Waals surface area contributed by atoms with Gasteiger partial charge in [0.05, 0.1) is 5.39 Å². The van der Waals surface area contributed by atoms with Crippen molar-refractivity contribution in [1.82, 2.24) is 9.55 Å². The smallest absolute Gasteiger partial charge is 0.264 e. The van der Waals surface area contributed by atoms with E-state index in [1.807, 2.05) is 0 Å². The maximum absolute atomic E-state index is 13.2. The summed E-state index contributed by atoms with van der Waals surface area (Å²) < 4.78 is 1.70. The first-order valence-corrected chi connectivity index (χ1v) is 9.90. The van der Waals surface area contributed by atoms with E-state index < -0.39 is 0 Å². The summed E-state index contributed by atoms with van der Waals surface area (Å²) in [5, 5.41) is 4.18. The monoisotopic (exact) mass is 365 g/mol. The predicted octanol–water partition coefficient (Wildman–Crippen LogP) is 4.88. The summed E-state index contributed by atoms with van der Waals surface area (Å²) in [5.74, 6) is 0.589. The van der Waals surface area contributed by atoms with Gasteiger partial charge in [0.2, 0.25) is 5.95 Å². The van der Waals surface area contributed by atoms with Crippen LogP contribution in [-0.4, -0.2) is 9.55 Å². The molecule has 0 saturated carbocycles. The number of nitrogens with zero attached hydrogens (tertiary/aromatic N) is 2. The SMILES string of the molecule is C=CCn1c(Nc2cc(C)cc(C)c2)nc2sc3c(c2c1=O)CCCC3. The lowest BCUT2D eigenvalue weighted by Gasteiger charge is -2.14. The summed E-state index contributed by atoms with van der Waals surface area (Å²) in [5.41, 5.74) is 4.58. The molecule has 0 radical (unpaired) electrons. The molecule has 1 aliphatic rings. The summed E-state index contributed by atoms with van der Waals surface area (Å²) in [6.45, 7) is 8.40. The minimum absolute atomic E-state index is 0.0428. The van der Waals surface area contributed by atoms with E-state index in [4.69, 9.17) is 4.98 Å². The number of rotatable bonds is 4. The van der Waals surface area contributed by atoms with Crippen LogP contribution in [0.25, 0.3) is 10.2 Å². The molecule has 26 heavy (non-hydrogen) atoms. The number of benzene rings is 1. The second-order valence-corrected chi connectivity index (χ2v) is 8.12. The molecule has 0 bridgehead atoms. The number of allylic oxidation sites excluding steroid dienone is 1. The summed E-state index contributed by atoms with van der Waals surface area (Å²) >= 11 is 1.68. The summed E-state index contributed by atoms with van der Waals surface area (Å²) in [4.78, 5) is 20.3. The Labute approximate surface area is 157 Å². The minimum atomic E-state index is 0.0428. The zero-order valence-electron chi connectivity index (χ0n) is 15.3. The highest BCUT2D eigenvalue weighted by atomic mass is 32.1. The quantitative estimate of drug-likeness (QED) is 0.670. The van der Waals surface area contributed by atoms with Crippen LogP contribution in [0.15, 0.2) is 35.6 Å². The largest absolute Gasteiger partial charge is 0.325 e. The Morgan fingerprint density at radius 2 is 1.96 bits per heavy atom. The predicted molar refractivity (Wildman–Crippen MR) is 110 cm³/mol. The number of aryl methyl sites for hydroxylation is 4. The maximum atomic E-state index is 13.2. The van der Waals surface area contributed by atoms with Crippen LogP contribution in [0.4, 0.5) is 11.6 Å². The molecule has 1 N–H and O–H groups in total. The lowest BCUT2D eigenvalue weighted by atomic mass is 9.97. The van der Waals surface area contributed by atoms with Gasteiger partial charge in [-0.15, -0.1) is 17.9 Å². The highest BCUT2D eigenvalue weighted by Crippen LogP contribution is 2.34. The normalized spacial score (nSPS) is 13.6. The highest BCUT2D eigenvalue weighted by Gasteiger charge is 2.21. The van der Waals surface area contributed by atoms with Crippen molar-refractivity contribution in [2.24, 2.45) is 0 Å². The first kappa shape index (κ1) is 17.0. The Balaban J connectivity index is 1.89. The Bertz CT molecular complexity index is 1040. The van der Waals surface area contributed by atoms with Gasteiger partial charge in [0.1, 0.15) is 4.83 Å². The van der Waals surface area contributed by atoms with Gasteiger partial charge in [0.15, 0.2) is 0 Å². The molecule has 0 saturated heterocycles. The van der Waals surface area contributed by atoms with Crippen LogP contribution in [0.2, 0.25) is 0 Å². The van der Waals surface area contributed by atoms with Crippen LogP contribution in [0.1, 0.15) is 34.4 Å². The Kier molecular flexibility index (Phi) is 4.41. The summed E-state index contributed by atoms with van der Waals surface area (Å²) in [6, 6.07) is 6.27. The highest BCUT2D eigenvalue weighted by molar-refractivity contribution is 7.18. The first-order valence-electron chi connectivity index (χ1n) is 9.08. The molecule has 4 nitrogen and oxygen atoms in total. The number of anilines is 2. The van der Waals surface area contributed by atoms with Crippen LogP contribution < -0.4 is 10.9 Å². The molecule has 2 heterocycles. The molecular weight excluding hydrogens is 342 g/mol. The number of hydrogen-bond donors (Lipinski definition) is 1. The lowest BCUT2D eigenvalue weighted by Crippen LogP contribution is -2.24. The van der Waals surface area contributed by atoms with Gasteiger partial charge in [-0.3, -0.25) is 9.36 Å². The molecule has 3 aromatic rings. The van der Waals surface area contributed by atoms with Crippen LogP contribution in [0.3, 0.4) is 0 Å². The van der Waals surface area contributed by atoms with E-state index in [-0.39, 0.29) is 5.56 Å². The average Bonchev–Trinajstić information content (AvgIpc) is 2.95. The van der Waals surface area contributed by atoms with E-state index in [1.165, 1.54) is 28.0 Å². The van der Waals surface area contributed by atoms with Gasteiger partial charge < -0.3 is 5.32 Å². The van der Waals surface area contributed by atoms with Crippen LogP contribution in [0.5, 0.6) is 0 Å². The molecule has 0 fully saturated rings. The van der Waals surface area contributed by atoms with Gasteiger partial charge in [0, 0.05) is 17.1 Å². The zero-order chi connectivity index (χ0) is 18.3. The van der Waals surface area contributed by atoms with E-state index in [0.29, 0.717) is 12.5 Å². The fourth-order valence-corrected chi connectivity index (χ4v) is 5.06. The summed E-state index contributed by atoms with van der Waals surface area (Å²) in [7, 11) is 0. The number of hydrogen-bond acceptors (Lipinski definition) is 4. The van der Waals surface area contributed by atoms with Crippen LogP contribution >= 0.6 is 11.3 Å². The number of aromatic nitrogens is 2. The van der Waals surface area contributed by atoms with Crippen molar-refractivity contribution in [2.45, 2.75) is 46.1 Å². The van der Waals surface area contributed by atoms with Crippen molar-refractivity contribution in [2.75, 3.05) is 5.32 Å². The fraction of sp³-hybridized carbons (Fsp3) is 0.333. The topological polar surface area (TPSA) is 46.9 Å². The average molecular weight is 366 g/mol. The minimum Gasteiger partial charge on any atom is -0.325 e. The Morgan fingerprint density at radius 3 is 2.69 bits per heavy atom. The molecule has 134 valence electrons. The molecule has 0 unspecified atom stereocenters. The van der Waals surface area contributed by atoms with Gasteiger partial charge in [0.25, 0.3) is 5.56 Å². The van der Waals surface area contributed by atoms with E-state index in [1.54, 1.807) is 22.0 Å². The third-order valence-electron chi connectivity index (χ3n) is 4.86. The second kappa shape index (κ2) is 6.72. The Morgan fingerprint density at radius 1 is 1.23 bits per heavy atom. The van der Waals surface area contributed by atoms with E-state index in [0.717, 1.165) is 35.2 Å². The molecule has 1 aromatic carbocycles. The molecular formula is C21H23N3OS. The van der Waals surface area contributed by atoms with E-state index in [2.05, 4.69) is 43.9 Å². The van der Waals surface area contributed by atoms with Crippen LogP contribution in [-0.2, 0) is 19.4 Å². The van der Waals surface area contributed by atoms with E-state index >= 15 is 0 Å². The van der Waals surface area contributed by atoms with Crippen molar-refractivity contribution >= 4 is 33.2 Å². The van der Waals surface area contributed by atoms with Gasteiger partial charge in [-0.2, -0.15) is 0 Å². The third kappa shape index (κ3) is 2.97. The Hall–Kier alpha value is -2.40. The van der Waals surface area contributed by atoms with Gasteiger partial charge in [-0.1, -0.05) is 12.1 Å². The first-order chi connectivity index (χ1) is 12.6.